The first-order valence-electron chi connectivity index (χ1n) is 11.1. The number of unbranched alkanes of at least 4 members (excludes halogenated alkanes) is 1. The van der Waals surface area contributed by atoms with Gasteiger partial charge in [-0.3, -0.25) is 4.55 Å². The van der Waals surface area contributed by atoms with Crippen LogP contribution in [-0.2, 0) is 19.6 Å². The lowest BCUT2D eigenvalue weighted by Crippen LogP contribution is -2.31. The van der Waals surface area contributed by atoms with Crippen LogP contribution in [0.2, 0.25) is 0 Å². The number of rotatable bonds is 16. The highest BCUT2D eigenvalue weighted by atomic mass is 32.2. The van der Waals surface area contributed by atoms with Crippen molar-refractivity contribution in [3.63, 3.8) is 0 Å². The average Bonchev–Trinajstić information content (AvgIpc) is 2.59. The Morgan fingerprint density at radius 1 is 0.900 bits per heavy atom. The van der Waals surface area contributed by atoms with Crippen LogP contribution in [0.5, 0.6) is 0 Å². The molecule has 2 atom stereocenters. The van der Waals surface area contributed by atoms with Crippen molar-refractivity contribution in [3.8, 4) is 11.8 Å². The minimum atomic E-state index is -3.89. The summed E-state index contributed by atoms with van der Waals surface area (Å²) in [6.45, 7) is 14.3. The van der Waals surface area contributed by atoms with E-state index in [1.807, 2.05) is 6.92 Å². The fourth-order valence-corrected chi connectivity index (χ4v) is 4.28. The van der Waals surface area contributed by atoms with Gasteiger partial charge in [-0.05, 0) is 64.2 Å². The summed E-state index contributed by atoms with van der Waals surface area (Å²) >= 11 is 0. The van der Waals surface area contributed by atoms with Crippen LogP contribution in [-0.4, -0.2) is 55.9 Å². The molecule has 0 aliphatic heterocycles. The van der Waals surface area contributed by atoms with Crippen molar-refractivity contribution < 1.29 is 27.6 Å². The van der Waals surface area contributed by atoms with E-state index in [0.29, 0.717) is 44.5 Å². The van der Waals surface area contributed by atoms with Crippen LogP contribution in [0.1, 0.15) is 80.1 Å². The second kappa shape index (κ2) is 14.4. The van der Waals surface area contributed by atoms with E-state index in [0.717, 1.165) is 25.7 Å². The van der Waals surface area contributed by atoms with E-state index in [1.54, 1.807) is 0 Å². The van der Waals surface area contributed by atoms with Gasteiger partial charge in [-0.15, -0.1) is 0 Å². The van der Waals surface area contributed by atoms with Gasteiger partial charge in [-0.25, -0.2) is 0 Å². The molecule has 30 heavy (non-hydrogen) atoms. The predicted molar refractivity (Wildman–Crippen MR) is 122 cm³/mol. The molecule has 2 unspecified atom stereocenters. The maximum atomic E-state index is 10.7. The summed E-state index contributed by atoms with van der Waals surface area (Å²) in [4.78, 5) is 0. The SMILES string of the molecule is CC(C)CC(C)(C#CC(C)(CC(C)C)OCCOCCCCS(=O)(=O)O)CCCO. The lowest BCUT2D eigenvalue weighted by molar-refractivity contribution is -0.0332. The van der Waals surface area contributed by atoms with Crippen molar-refractivity contribution in [1.29, 1.82) is 0 Å². The Hall–Kier alpha value is -0.650. The molecule has 0 aliphatic carbocycles. The Bertz CT molecular complexity index is 619. The van der Waals surface area contributed by atoms with Crippen molar-refractivity contribution in [1.82, 2.24) is 0 Å². The number of aliphatic hydroxyl groups is 1. The van der Waals surface area contributed by atoms with E-state index >= 15 is 0 Å². The van der Waals surface area contributed by atoms with E-state index in [1.165, 1.54) is 0 Å². The monoisotopic (exact) mass is 448 g/mol. The van der Waals surface area contributed by atoms with E-state index < -0.39 is 15.7 Å². The highest BCUT2D eigenvalue weighted by Crippen LogP contribution is 2.31. The summed E-state index contributed by atoms with van der Waals surface area (Å²) < 4.78 is 41.7. The van der Waals surface area contributed by atoms with E-state index in [2.05, 4.69) is 46.5 Å². The highest BCUT2D eigenvalue weighted by Gasteiger charge is 2.27. The Labute approximate surface area is 184 Å². The highest BCUT2D eigenvalue weighted by molar-refractivity contribution is 7.85. The van der Waals surface area contributed by atoms with Crippen LogP contribution in [0.15, 0.2) is 0 Å². The molecular weight excluding hydrogens is 404 g/mol. The van der Waals surface area contributed by atoms with Crippen molar-refractivity contribution in [2.24, 2.45) is 17.3 Å². The van der Waals surface area contributed by atoms with Crippen molar-refractivity contribution in [2.45, 2.75) is 85.7 Å². The third kappa shape index (κ3) is 16.1. The fraction of sp³-hybridized carbons (Fsp3) is 0.913. The van der Waals surface area contributed by atoms with Gasteiger partial charge in [0, 0.05) is 18.6 Å². The standard InChI is InChI=1S/C23H44O6S/c1-20(2)18-22(5,10-9-13-24)11-12-23(6,19-21(3)4)29-16-15-28-14-7-8-17-30(25,26)27/h20-21,24H,7-10,13-19H2,1-6H3,(H,25,26,27). The van der Waals surface area contributed by atoms with Gasteiger partial charge in [-0.2, -0.15) is 8.42 Å². The Balaban J connectivity index is 4.78. The summed E-state index contributed by atoms with van der Waals surface area (Å²) in [5.74, 6) is 7.61. The first-order valence-corrected chi connectivity index (χ1v) is 12.7. The largest absolute Gasteiger partial charge is 0.396 e. The van der Waals surface area contributed by atoms with Crippen LogP contribution in [0, 0.1) is 29.1 Å². The van der Waals surface area contributed by atoms with Gasteiger partial charge in [0.05, 0.1) is 19.0 Å². The number of hydrogen-bond acceptors (Lipinski definition) is 5. The molecular formula is C23H44O6S. The maximum Gasteiger partial charge on any atom is 0.264 e. The molecule has 0 aromatic carbocycles. The van der Waals surface area contributed by atoms with E-state index in [-0.39, 0.29) is 17.8 Å². The van der Waals surface area contributed by atoms with Gasteiger partial charge < -0.3 is 14.6 Å². The third-order valence-electron chi connectivity index (χ3n) is 4.76. The summed E-state index contributed by atoms with van der Waals surface area (Å²) in [6, 6.07) is 0. The Morgan fingerprint density at radius 2 is 1.53 bits per heavy atom. The van der Waals surface area contributed by atoms with E-state index in [4.69, 9.17) is 14.0 Å². The average molecular weight is 449 g/mol. The Morgan fingerprint density at radius 3 is 2.07 bits per heavy atom. The van der Waals surface area contributed by atoms with Gasteiger partial charge in [0.1, 0.15) is 5.60 Å². The lowest BCUT2D eigenvalue weighted by Gasteiger charge is -2.29. The zero-order valence-corrected chi connectivity index (χ0v) is 20.7. The van der Waals surface area contributed by atoms with Gasteiger partial charge in [0.15, 0.2) is 0 Å². The molecule has 0 aromatic rings. The van der Waals surface area contributed by atoms with Crippen molar-refractivity contribution >= 4 is 10.1 Å². The zero-order chi connectivity index (χ0) is 23.3. The van der Waals surface area contributed by atoms with Crippen LogP contribution in [0.4, 0.5) is 0 Å². The minimum Gasteiger partial charge on any atom is -0.396 e. The van der Waals surface area contributed by atoms with Crippen LogP contribution < -0.4 is 0 Å². The first-order chi connectivity index (χ1) is 13.8. The Kier molecular flexibility index (Phi) is 14.1. The zero-order valence-electron chi connectivity index (χ0n) is 19.9. The molecule has 178 valence electrons. The summed E-state index contributed by atoms with van der Waals surface area (Å²) in [6.07, 6.45) is 4.33. The van der Waals surface area contributed by atoms with Crippen molar-refractivity contribution in [3.05, 3.63) is 0 Å². The van der Waals surface area contributed by atoms with Crippen LogP contribution in [0.25, 0.3) is 0 Å². The summed E-state index contributed by atoms with van der Waals surface area (Å²) in [5, 5.41) is 9.24. The first kappa shape index (κ1) is 29.4. The molecule has 0 aromatic heterocycles. The molecule has 0 rings (SSSR count). The smallest absolute Gasteiger partial charge is 0.264 e. The summed E-state index contributed by atoms with van der Waals surface area (Å²) in [7, 11) is -3.89. The van der Waals surface area contributed by atoms with Crippen LogP contribution in [0.3, 0.4) is 0 Å². The molecule has 7 heteroatoms. The van der Waals surface area contributed by atoms with Gasteiger partial charge >= 0.3 is 0 Å². The molecule has 2 N–H and O–H groups in total. The molecule has 0 amide bonds. The fourth-order valence-electron chi connectivity index (χ4n) is 3.71. The summed E-state index contributed by atoms with van der Waals surface area (Å²) in [5.41, 5.74) is -0.720. The molecule has 0 saturated carbocycles. The van der Waals surface area contributed by atoms with Gasteiger partial charge in [-0.1, -0.05) is 39.5 Å². The van der Waals surface area contributed by atoms with Gasteiger partial charge in [0.2, 0.25) is 0 Å². The molecule has 0 spiro atoms. The minimum absolute atomic E-state index is 0.151. The molecule has 0 radical (unpaired) electrons. The topological polar surface area (TPSA) is 93.1 Å². The molecule has 0 saturated heterocycles. The van der Waals surface area contributed by atoms with Crippen molar-refractivity contribution in [2.75, 3.05) is 32.2 Å². The molecule has 0 heterocycles. The normalized spacial score (nSPS) is 16.2. The quantitative estimate of drug-likeness (QED) is 0.207. The molecule has 0 fully saturated rings. The number of aliphatic hydroxyl groups excluding tert-OH is 1. The molecule has 0 bridgehead atoms. The lowest BCUT2D eigenvalue weighted by atomic mass is 9.78. The number of hydrogen-bond donors (Lipinski definition) is 2. The second-order valence-electron chi connectivity index (χ2n) is 9.52. The molecule has 0 aliphatic rings. The van der Waals surface area contributed by atoms with Crippen LogP contribution >= 0.6 is 0 Å². The molecule has 6 nitrogen and oxygen atoms in total. The maximum absolute atomic E-state index is 10.7. The predicted octanol–water partition coefficient (Wildman–Crippen LogP) is 4.32. The second-order valence-corrected chi connectivity index (χ2v) is 11.1. The van der Waals surface area contributed by atoms with Gasteiger partial charge in [0.25, 0.3) is 10.1 Å². The number of ether oxygens (including phenoxy) is 2. The van der Waals surface area contributed by atoms with E-state index in [9.17, 15) is 13.5 Å². The third-order valence-corrected chi connectivity index (χ3v) is 5.57.